The number of hydrogen-bond donors (Lipinski definition) is 2. The molecule has 1 aromatic heterocycles. The van der Waals surface area contributed by atoms with Crippen LogP contribution in [0.3, 0.4) is 0 Å². The Kier molecular flexibility index (Phi) is 4.74. The van der Waals surface area contributed by atoms with Gasteiger partial charge < -0.3 is 10.4 Å². The molecular weight excluding hydrogens is 306 g/mol. The SMILES string of the molecule is Cc1nn(-c2ccc(Br)cc2)c(C)c1CNCCO. The number of benzene rings is 1. The van der Waals surface area contributed by atoms with Crippen molar-refractivity contribution in [2.24, 2.45) is 0 Å². The Hall–Kier alpha value is -1.17. The molecule has 0 saturated heterocycles. The van der Waals surface area contributed by atoms with Crippen LogP contribution >= 0.6 is 15.9 Å². The molecule has 4 nitrogen and oxygen atoms in total. The molecular formula is C14H18BrN3O. The normalized spacial score (nSPS) is 10.9. The van der Waals surface area contributed by atoms with Crippen molar-refractivity contribution < 1.29 is 5.11 Å². The van der Waals surface area contributed by atoms with E-state index in [1.807, 2.05) is 35.9 Å². The average Bonchev–Trinajstić information content (AvgIpc) is 2.68. The summed E-state index contributed by atoms with van der Waals surface area (Å²) >= 11 is 3.43. The summed E-state index contributed by atoms with van der Waals surface area (Å²) in [6.45, 7) is 5.56. The van der Waals surface area contributed by atoms with Gasteiger partial charge in [-0.25, -0.2) is 4.68 Å². The summed E-state index contributed by atoms with van der Waals surface area (Å²) in [5.74, 6) is 0. The molecule has 0 bridgehead atoms. The van der Waals surface area contributed by atoms with Crippen LogP contribution in [-0.4, -0.2) is 28.0 Å². The lowest BCUT2D eigenvalue weighted by Crippen LogP contribution is -2.18. The van der Waals surface area contributed by atoms with E-state index in [2.05, 4.69) is 33.3 Å². The maximum Gasteiger partial charge on any atom is 0.0649 e. The van der Waals surface area contributed by atoms with Crippen LogP contribution in [0.4, 0.5) is 0 Å². The minimum atomic E-state index is 0.152. The summed E-state index contributed by atoms with van der Waals surface area (Å²) in [4.78, 5) is 0. The zero-order valence-corrected chi connectivity index (χ0v) is 12.7. The van der Waals surface area contributed by atoms with Crippen LogP contribution in [0.2, 0.25) is 0 Å². The molecule has 2 N–H and O–H groups in total. The molecule has 0 unspecified atom stereocenters. The molecule has 0 radical (unpaired) electrons. The van der Waals surface area contributed by atoms with Crippen LogP contribution in [-0.2, 0) is 6.54 Å². The lowest BCUT2D eigenvalue weighted by molar-refractivity contribution is 0.292. The second kappa shape index (κ2) is 6.32. The van der Waals surface area contributed by atoms with Crippen LogP contribution in [0.15, 0.2) is 28.7 Å². The first-order valence-electron chi connectivity index (χ1n) is 6.26. The van der Waals surface area contributed by atoms with Gasteiger partial charge in [-0.15, -0.1) is 0 Å². The van der Waals surface area contributed by atoms with Gasteiger partial charge in [-0.2, -0.15) is 5.10 Å². The van der Waals surface area contributed by atoms with Gasteiger partial charge in [-0.1, -0.05) is 15.9 Å². The van der Waals surface area contributed by atoms with Gasteiger partial charge in [0.05, 0.1) is 18.0 Å². The molecule has 5 heteroatoms. The quantitative estimate of drug-likeness (QED) is 0.830. The first-order chi connectivity index (χ1) is 9.13. The van der Waals surface area contributed by atoms with Crippen molar-refractivity contribution in [3.63, 3.8) is 0 Å². The maximum absolute atomic E-state index is 8.80. The van der Waals surface area contributed by atoms with Gasteiger partial charge in [0, 0.05) is 28.8 Å². The standard InChI is InChI=1S/C14H18BrN3O/c1-10-14(9-16-7-8-19)11(2)18(17-10)13-5-3-12(15)4-6-13/h3-6,16,19H,7-9H2,1-2H3. The molecule has 0 aliphatic rings. The van der Waals surface area contributed by atoms with E-state index in [9.17, 15) is 0 Å². The van der Waals surface area contributed by atoms with E-state index in [1.54, 1.807) is 0 Å². The van der Waals surface area contributed by atoms with E-state index in [-0.39, 0.29) is 6.61 Å². The van der Waals surface area contributed by atoms with Crippen LogP contribution in [0.1, 0.15) is 17.0 Å². The third-order valence-corrected chi connectivity index (χ3v) is 3.63. The zero-order valence-electron chi connectivity index (χ0n) is 11.2. The first-order valence-corrected chi connectivity index (χ1v) is 7.05. The van der Waals surface area contributed by atoms with E-state index < -0.39 is 0 Å². The number of aliphatic hydroxyl groups is 1. The smallest absolute Gasteiger partial charge is 0.0649 e. The van der Waals surface area contributed by atoms with Crippen molar-refractivity contribution in [2.45, 2.75) is 20.4 Å². The Morgan fingerprint density at radius 1 is 1.26 bits per heavy atom. The lowest BCUT2D eigenvalue weighted by atomic mass is 10.2. The Balaban J connectivity index is 2.27. The molecule has 0 amide bonds. The van der Waals surface area contributed by atoms with E-state index >= 15 is 0 Å². The van der Waals surface area contributed by atoms with Crippen molar-refractivity contribution >= 4 is 15.9 Å². The molecule has 1 aromatic carbocycles. The van der Waals surface area contributed by atoms with Crippen LogP contribution < -0.4 is 5.32 Å². The van der Waals surface area contributed by atoms with Crippen molar-refractivity contribution in [1.29, 1.82) is 0 Å². The van der Waals surface area contributed by atoms with Crippen LogP contribution in [0.5, 0.6) is 0 Å². The number of aliphatic hydroxyl groups excluding tert-OH is 1. The number of halogens is 1. The molecule has 102 valence electrons. The molecule has 2 rings (SSSR count). The minimum Gasteiger partial charge on any atom is -0.395 e. The van der Waals surface area contributed by atoms with E-state index in [4.69, 9.17) is 5.11 Å². The van der Waals surface area contributed by atoms with Crippen molar-refractivity contribution in [3.05, 3.63) is 45.7 Å². The topological polar surface area (TPSA) is 50.1 Å². The fourth-order valence-electron chi connectivity index (χ4n) is 2.06. The maximum atomic E-state index is 8.80. The monoisotopic (exact) mass is 323 g/mol. The fourth-order valence-corrected chi connectivity index (χ4v) is 2.32. The summed E-state index contributed by atoms with van der Waals surface area (Å²) in [5.41, 5.74) is 4.39. The number of aryl methyl sites for hydroxylation is 1. The third kappa shape index (κ3) is 3.23. The summed E-state index contributed by atoms with van der Waals surface area (Å²) in [6, 6.07) is 8.09. The summed E-state index contributed by atoms with van der Waals surface area (Å²) < 4.78 is 3.01. The second-order valence-corrected chi connectivity index (χ2v) is 5.35. The first kappa shape index (κ1) is 14.2. The molecule has 0 spiro atoms. The lowest BCUT2D eigenvalue weighted by Gasteiger charge is -2.06. The molecule has 0 fully saturated rings. The predicted molar refractivity (Wildman–Crippen MR) is 79.5 cm³/mol. The molecule has 0 saturated carbocycles. The van der Waals surface area contributed by atoms with Crippen molar-refractivity contribution in [2.75, 3.05) is 13.2 Å². The summed E-state index contributed by atoms with van der Waals surface area (Å²) in [7, 11) is 0. The largest absolute Gasteiger partial charge is 0.395 e. The van der Waals surface area contributed by atoms with Gasteiger partial charge in [-0.05, 0) is 38.1 Å². The number of hydrogen-bond acceptors (Lipinski definition) is 3. The van der Waals surface area contributed by atoms with Crippen molar-refractivity contribution in [3.8, 4) is 5.69 Å². The highest BCUT2D eigenvalue weighted by atomic mass is 79.9. The molecule has 1 heterocycles. The van der Waals surface area contributed by atoms with E-state index in [0.29, 0.717) is 6.54 Å². The van der Waals surface area contributed by atoms with E-state index in [0.717, 1.165) is 28.1 Å². The molecule has 19 heavy (non-hydrogen) atoms. The fraction of sp³-hybridized carbons (Fsp3) is 0.357. The Morgan fingerprint density at radius 3 is 2.58 bits per heavy atom. The number of nitrogens with one attached hydrogen (secondary N) is 1. The summed E-state index contributed by atoms with van der Waals surface area (Å²) in [6.07, 6.45) is 0. The van der Waals surface area contributed by atoms with Gasteiger partial charge in [0.1, 0.15) is 0 Å². The number of nitrogens with zero attached hydrogens (tertiary/aromatic N) is 2. The molecule has 0 aliphatic heterocycles. The molecule has 0 aliphatic carbocycles. The van der Waals surface area contributed by atoms with Crippen LogP contribution in [0, 0.1) is 13.8 Å². The molecule has 0 atom stereocenters. The highest BCUT2D eigenvalue weighted by molar-refractivity contribution is 9.10. The number of rotatable bonds is 5. The van der Waals surface area contributed by atoms with Gasteiger partial charge in [0.2, 0.25) is 0 Å². The van der Waals surface area contributed by atoms with Crippen LogP contribution in [0.25, 0.3) is 5.69 Å². The van der Waals surface area contributed by atoms with Gasteiger partial charge in [-0.3, -0.25) is 0 Å². The van der Waals surface area contributed by atoms with E-state index in [1.165, 1.54) is 5.56 Å². The minimum absolute atomic E-state index is 0.152. The second-order valence-electron chi connectivity index (χ2n) is 4.44. The Labute approximate surface area is 121 Å². The van der Waals surface area contributed by atoms with Gasteiger partial charge in [0.15, 0.2) is 0 Å². The summed E-state index contributed by atoms with van der Waals surface area (Å²) in [5, 5.41) is 16.6. The van der Waals surface area contributed by atoms with Crippen molar-refractivity contribution in [1.82, 2.24) is 15.1 Å². The third-order valence-electron chi connectivity index (χ3n) is 3.10. The average molecular weight is 324 g/mol. The molecule has 2 aromatic rings. The predicted octanol–water partition coefficient (Wildman–Crippen LogP) is 2.33. The highest BCUT2D eigenvalue weighted by Gasteiger charge is 2.12. The van der Waals surface area contributed by atoms with Gasteiger partial charge >= 0.3 is 0 Å². The highest BCUT2D eigenvalue weighted by Crippen LogP contribution is 2.19. The Bertz CT molecular complexity index is 549. The zero-order chi connectivity index (χ0) is 13.8. The Morgan fingerprint density at radius 2 is 1.95 bits per heavy atom. The van der Waals surface area contributed by atoms with Gasteiger partial charge in [0.25, 0.3) is 0 Å². The number of aromatic nitrogens is 2.